The summed E-state index contributed by atoms with van der Waals surface area (Å²) in [5, 5.41) is 5.46. The predicted molar refractivity (Wildman–Crippen MR) is 109 cm³/mol. The van der Waals surface area contributed by atoms with Crippen molar-refractivity contribution in [1.82, 2.24) is 5.32 Å². The van der Waals surface area contributed by atoms with E-state index in [1.165, 1.54) is 12.3 Å². The molecule has 1 heterocycles. The third kappa shape index (κ3) is 5.79. The van der Waals surface area contributed by atoms with Gasteiger partial charge in [0.25, 0.3) is 11.8 Å². The summed E-state index contributed by atoms with van der Waals surface area (Å²) in [6, 6.07) is 16.5. The van der Waals surface area contributed by atoms with E-state index in [1.54, 1.807) is 54.6 Å². The van der Waals surface area contributed by atoms with E-state index in [2.05, 4.69) is 10.6 Å². The summed E-state index contributed by atoms with van der Waals surface area (Å²) in [4.78, 5) is 25.2. The molecule has 0 atom stereocenters. The van der Waals surface area contributed by atoms with Crippen molar-refractivity contribution in [3.63, 3.8) is 0 Å². The molecule has 0 spiro atoms. The van der Waals surface area contributed by atoms with Crippen molar-refractivity contribution in [2.45, 2.75) is 12.3 Å². The number of hydrogen-bond acceptors (Lipinski definition) is 5. The second-order valence-corrected chi connectivity index (χ2v) is 8.67. The van der Waals surface area contributed by atoms with Crippen LogP contribution in [0.3, 0.4) is 0 Å². The topological polar surface area (TPSA) is 105 Å². The van der Waals surface area contributed by atoms with Crippen LogP contribution in [0.4, 0.5) is 5.69 Å². The zero-order valence-corrected chi connectivity index (χ0v) is 16.5. The molecule has 0 fully saturated rings. The van der Waals surface area contributed by atoms with E-state index < -0.39 is 15.7 Å². The molecular weight excluding hydrogens is 392 g/mol. The molecule has 0 aliphatic rings. The predicted octanol–water partition coefficient (Wildman–Crippen LogP) is 3.01. The number of furan rings is 1. The number of nitrogens with one attached hydrogen (secondary N) is 2. The molecule has 0 bridgehead atoms. The average molecular weight is 412 g/mol. The first-order chi connectivity index (χ1) is 13.8. The summed E-state index contributed by atoms with van der Waals surface area (Å²) in [7, 11) is -3.21. The van der Waals surface area contributed by atoms with E-state index in [4.69, 9.17) is 4.42 Å². The Morgan fingerprint density at radius 3 is 2.48 bits per heavy atom. The summed E-state index contributed by atoms with van der Waals surface area (Å²) >= 11 is 0. The van der Waals surface area contributed by atoms with Gasteiger partial charge in [-0.05, 0) is 42.0 Å². The first-order valence-electron chi connectivity index (χ1n) is 8.79. The molecule has 7 nitrogen and oxygen atoms in total. The lowest BCUT2D eigenvalue weighted by Crippen LogP contribution is -2.24. The number of anilines is 1. The lowest BCUT2D eigenvalue weighted by atomic mass is 10.1. The molecule has 3 aromatic rings. The van der Waals surface area contributed by atoms with Gasteiger partial charge in [0, 0.05) is 11.8 Å². The van der Waals surface area contributed by atoms with Crippen LogP contribution in [0.15, 0.2) is 71.3 Å². The molecule has 3 rings (SSSR count). The maximum Gasteiger partial charge on any atom is 0.255 e. The fourth-order valence-electron chi connectivity index (χ4n) is 2.77. The Hall–Kier alpha value is -3.39. The molecule has 0 aliphatic heterocycles. The second kappa shape index (κ2) is 8.74. The van der Waals surface area contributed by atoms with E-state index in [0.29, 0.717) is 28.1 Å². The van der Waals surface area contributed by atoms with Crippen molar-refractivity contribution >= 4 is 27.3 Å². The standard InChI is InChI=1S/C21H20N2O5S/c1-29(26,27)14-15-6-4-7-16(12-15)20(24)23-19-10-3-2-9-18(19)21(25)22-13-17-8-5-11-28-17/h2-12H,13-14H2,1H3,(H,22,25)(H,23,24). The Bertz CT molecular complexity index is 1120. The van der Waals surface area contributed by atoms with Gasteiger partial charge < -0.3 is 15.1 Å². The monoisotopic (exact) mass is 412 g/mol. The highest BCUT2D eigenvalue weighted by atomic mass is 32.2. The Labute approximate surface area is 168 Å². The normalized spacial score (nSPS) is 11.1. The van der Waals surface area contributed by atoms with Gasteiger partial charge in [0.2, 0.25) is 0 Å². The van der Waals surface area contributed by atoms with Gasteiger partial charge in [-0.3, -0.25) is 9.59 Å². The van der Waals surface area contributed by atoms with Crippen LogP contribution in [-0.4, -0.2) is 26.5 Å². The minimum Gasteiger partial charge on any atom is -0.467 e. The van der Waals surface area contributed by atoms with Gasteiger partial charge in [-0.15, -0.1) is 0 Å². The minimum atomic E-state index is -3.21. The van der Waals surface area contributed by atoms with Crippen LogP contribution in [0.1, 0.15) is 32.0 Å². The van der Waals surface area contributed by atoms with E-state index in [0.717, 1.165) is 6.26 Å². The Morgan fingerprint density at radius 2 is 1.76 bits per heavy atom. The molecule has 2 N–H and O–H groups in total. The smallest absolute Gasteiger partial charge is 0.255 e. The molecule has 0 saturated heterocycles. The van der Waals surface area contributed by atoms with Crippen molar-refractivity contribution in [2.24, 2.45) is 0 Å². The molecule has 0 aliphatic carbocycles. The highest BCUT2D eigenvalue weighted by Crippen LogP contribution is 2.17. The number of carbonyl (C=O) groups excluding carboxylic acids is 2. The van der Waals surface area contributed by atoms with Crippen molar-refractivity contribution in [2.75, 3.05) is 11.6 Å². The lowest BCUT2D eigenvalue weighted by Gasteiger charge is -2.11. The van der Waals surface area contributed by atoms with Crippen molar-refractivity contribution in [3.05, 3.63) is 89.4 Å². The Kier molecular flexibility index (Phi) is 6.13. The van der Waals surface area contributed by atoms with Crippen molar-refractivity contribution in [1.29, 1.82) is 0 Å². The molecule has 0 unspecified atom stereocenters. The van der Waals surface area contributed by atoms with Crippen LogP contribution < -0.4 is 10.6 Å². The van der Waals surface area contributed by atoms with Crippen LogP contribution in [0.25, 0.3) is 0 Å². The molecule has 0 saturated carbocycles. The largest absolute Gasteiger partial charge is 0.467 e. The molecule has 29 heavy (non-hydrogen) atoms. The van der Waals surface area contributed by atoms with Gasteiger partial charge in [-0.2, -0.15) is 0 Å². The SMILES string of the molecule is CS(=O)(=O)Cc1cccc(C(=O)Nc2ccccc2C(=O)NCc2ccco2)c1. The summed E-state index contributed by atoms with van der Waals surface area (Å²) in [6.45, 7) is 0.224. The summed E-state index contributed by atoms with van der Waals surface area (Å²) < 4.78 is 28.2. The maximum atomic E-state index is 12.6. The number of carbonyl (C=O) groups is 2. The molecular formula is C21H20N2O5S. The number of sulfone groups is 1. The maximum absolute atomic E-state index is 12.6. The third-order valence-electron chi connectivity index (χ3n) is 4.04. The fraction of sp³-hybridized carbons (Fsp3) is 0.143. The molecule has 8 heteroatoms. The summed E-state index contributed by atoms with van der Waals surface area (Å²) in [5.41, 5.74) is 1.48. The zero-order valence-electron chi connectivity index (χ0n) is 15.7. The van der Waals surface area contributed by atoms with Crippen LogP contribution in [0.2, 0.25) is 0 Å². The molecule has 1 aromatic heterocycles. The van der Waals surface area contributed by atoms with Gasteiger partial charge in [-0.1, -0.05) is 24.3 Å². The average Bonchev–Trinajstić information content (AvgIpc) is 3.19. The Balaban J connectivity index is 1.74. The number of amides is 2. The number of rotatable bonds is 7. The van der Waals surface area contributed by atoms with E-state index in [1.807, 2.05) is 0 Å². The first kappa shape index (κ1) is 20.3. The number of benzene rings is 2. The van der Waals surface area contributed by atoms with Gasteiger partial charge in [0.1, 0.15) is 5.76 Å². The van der Waals surface area contributed by atoms with Gasteiger partial charge in [0.15, 0.2) is 9.84 Å². The van der Waals surface area contributed by atoms with Crippen LogP contribution in [-0.2, 0) is 22.1 Å². The van der Waals surface area contributed by atoms with Crippen LogP contribution in [0, 0.1) is 0 Å². The Morgan fingerprint density at radius 1 is 0.966 bits per heavy atom. The fourth-order valence-corrected chi connectivity index (χ4v) is 3.55. The van der Waals surface area contributed by atoms with Gasteiger partial charge in [0.05, 0.1) is 29.8 Å². The summed E-state index contributed by atoms with van der Waals surface area (Å²) in [5.74, 6) is -0.336. The molecule has 2 amide bonds. The molecule has 2 aromatic carbocycles. The van der Waals surface area contributed by atoms with Crippen molar-refractivity contribution < 1.29 is 22.4 Å². The first-order valence-corrected chi connectivity index (χ1v) is 10.9. The second-order valence-electron chi connectivity index (χ2n) is 6.53. The van der Waals surface area contributed by atoms with Crippen molar-refractivity contribution in [3.8, 4) is 0 Å². The highest BCUT2D eigenvalue weighted by molar-refractivity contribution is 7.89. The zero-order chi connectivity index (χ0) is 20.9. The molecule has 150 valence electrons. The van der Waals surface area contributed by atoms with Crippen LogP contribution >= 0.6 is 0 Å². The van der Waals surface area contributed by atoms with Gasteiger partial charge in [-0.25, -0.2) is 8.42 Å². The summed E-state index contributed by atoms with van der Waals surface area (Å²) in [6.07, 6.45) is 2.66. The minimum absolute atomic E-state index is 0.153. The number of para-hydroxylation sites is 1. The quantitative estimate of drug-likeness (QED) is 0.621. The lowest BCUT2D eigenvalue weighted by molar-refractivity contribution is 0.0949. The van der Waals surface area contributed by atoms with E-state index in [9.17, 15) is 18.0 Å². The molecule has 0 radical (unpaired) electrons. The van der Waals surface area contributed by atoms with E-state index in [-0.39, 0.29) is 18.2 Å². The van der Waals surface area contributed by atoms with E-state index >= 15 is 0 Å². The highest BCUT2D eigenvalue weighted by Gasteiger charge is 2.15. The van der Waals surface area contributed by atoms with Gasteiger partial charge >= 0.3 is 0 Å². The van der Waals surface area contributed by atoms with Crippen LogP contribution in [0.5, 0.6) is 0 Å². The third-order valence-corrected chi connectivity index (χ3v) is 4.90. The number of hydrogen-bond donors (Lipinski definition) is 2.